The van der Waals surface area contributed by atoms with Crippen LogP contribution >= 0.6 is 12.2 Å². The van der Waals surface area contributed by atoms with Crippen LogP contribution in [-0.4, -0.2) is 17.4 Å². The quantitative estimate of drug-likeness (QED) is 0.526. The highest BCUT2D eigenvalue weighted by atomic mass is 32.1. The van der Waals surface area contributed by atoms with E-state index in [4.69, 9.17) is 12.2 Å². The predicted molar refractivity (Wildman–Crippen MR) is 38.3 cm³/mol. The molecule has 0 saturated carbocycles. The van der Waals surface area contributed by atoms with E-state index in [1.54, 1.807) is 6.34 Å². The maximum absolute atomic E-state index is 4.90. The van der Waals surface area contributed by atoms with Crippen LogP contribution in [0.1, 0.15) is 13.3 Å². The van der Waals surface area contributed by atoms with E-state index in [2.05, 4.69) is 17.2 Å². The van der Waals surface area contributed by atoms with Gasteiger partial charge in [-0.15, -0.1) is 0 Å². The summed E-state index contributed by atoms with van der Waals surface area (Å²) in [4.78, 5) is 4.91. The van der Waals surface area contributed by atoms with E-state index < -0.39 is 0 Å². The maximum Gasteiger partial charge on any atom is 0.105 e. The number of rotatable bonds is 1. The summed E-state index contributed by atoms with van der Waals surface area (Å²) >= 11 is 4.90. The molecule has 2 nitrogen and oxygen atoms in total. The second-order valence-corrected chi connectivity index (χ2v) is 2.15. The number of thiocarbonyl (C=S) groups is 1. The van der Waals surface area contributed by atoms with Crippen molar-refractivity contribution in [3.63, 3.8) is 0 Å². The molecule has 1 atom stereocenters. The summed E-state index contributed by atoms with van der Waals surface area (Å²) in [5.41, 5.74) is 0. The zero-order chi connectivity index (χ0) is 5.98. The topological polar surface area (TPSA) is 24.4 Å². The molecule has 1 N–H and O–H groups in total. The molecule has 1 unspecified atom stereocenters. The lowest BCUT2D eigenvalue weighted by atomic mass is 10.2. The Hall–Kier alpha value is -0.440. The van der Waals surface area contributed by atoms with Gasteiger partial charge >= 0.3 is 0 Å². The van der Waals surface area contributed by atoms with E-state index in [0.717, 1.165) is 11.4 Å². The van der Waals surface area contributed by atoms with Crippen LogP contribution in [0.25, 0.3) is 0 Å². The molecule has 0 amide bonds. The van der Waals surface area contributed by atoms with Gasteiger partial charge in [0.1, 0.15) is 11.0 Å². The predicted octanol–water partition coefficient (Wildman–Crippen LogP) is 0.724. The molecule has 1 aliphatic rings. The van der Waals surface area contributed by atoms with Crippen LogP contribution in [0.5, 0.6) is 0 Å². The lowest BCUT2D eigenvalue weighted by Gasteiger charge is -1.99. The third-order valence-electron chi connectivity index (χ3n) is 1.15. The molecule has 0 aromatic heterocycles. The fraction of sp³-hybridized carbons (Fsp3) is 0.600. The summed E-state index contributed by atoms with van der Waals surface area (Å²) in [6.07, 6.45) is 2.67. The van der Waals surface area contributed by atoms with Crippen LogP contribution in [0, 0.1) is 0 Å². The molecule has 0 radical (unpaired) electrons. The Morgan fingerprint density at radius 3 is 3.00 bits per heavy atom. The normalized spacial score (nSPS) is 26.1. The van der Waals surface area contributed by atoms with Gasteiger partial charge in [0, 0.05) is 0 Å². The van der Waals surface area contributed by atoms with Crippen LogP contribution in [0.3, 0.4) is 0 Å². The molecule has 0 aromatic carbocycles. The fourth-order valence-corrected chi connectivity index (χ4v) is 0.926. The molecule has 0 aliphatic carbocycles. The first-order chi connectivity index (χ1) is 3.84. The second kappa shape index (κ2) is 2.22. The molecule has 0 aromatic rings. The molecule has 44 valence electrons. The van der Waals surface area contributed by atoms with Crippen LogP contribution in [0.15, 0.2) is 4.99 Å². The van der Waals surface area contributed by atoms with Crippen molar-refractivity contribution in [3.05, 3.63) is 0 Å². The highest BCUT2D eigenvalue weighted by Crippen LogP contribution is 2.01. The average molecular weight is 128 g/mol. The highest BCUT2D eigenvalue weighted by molar-refractivity contribution is 7.80. The number of nitrogens with one attached hydrogen (secondary N) is 1. The zero-order valence-electron chi connectivity index (χ0n) is 4.72. The summed E-state index contributed by atoms with van der Waals surface area (Å²) in [6.45, 7) is 2.07. The zero-order valence-corrected chi connectivity index (χ0v) is 5.53. The van der Waals surface area contributed by atoms with Crippen LogP contribution in [-0.2, 0) is 0 Å². The molecule has 0 saturated heterocycles. The summed E-state index contributed by atoms with van der Waals surface area (Å²) in [7, 11) is 0. The van der Waals surface area contributed by atoms with E-state index in [1.807, 2.05) is 0 Å². The summed E-state index contributed by atoms with van der Waals surface area (Å²) in [5, 5.41) is 2.86. The van der Waals surface area contributed by atoms with Crippen molar-refractivity contribution >= 4 is 23.5 Å². The minimum absolute atomic E-state index is 0.255. The van der Waals surface area contributed by atoms with Gasteiger partial charge in [-0.05, 0) is 6.42 Å². The van der Waals surface area contributed by atoms with Crippen molar-refractivity contribution < 1.29 is 0 Å². The van der Waals surface area contributed by atoms with E-state index in [0.29, 0.717) is 0 Å². The molecular weight excluding hydrogens is 120 g/mol. The molecule has 8 heavy (non-hydrogen) atoms. The lowest BCUT2D eigenvalue weighted by Crippen LogP contribution is -2.21. The number of nitrogens with zero attached hydrogens (tertiary/aromatic N) is 1. The van der Waals surface area contributed by atoms with Gasteiger partial charge in [0.15, 0.2) is 0 Å². The molecule has 3 heteroatoms. The summed E-state index contributed by atoms with van der Waals surface area (Å²) in [5.74, 6) is 0. The van der Waals surface area contributed by atoms with Crippen LogP contribution in [0.4, 0.5) is 0 Å². The Balaban J connectivity index is 2.53. The van der Waals surface area contributed by atoms with Gasteiger partial charge < -0.3 is 5.32 Å². The van der Waals surface area contributed by atoms with Crippen molar-refractivity contribution in [1.29, 1.82) is 0 Å². The number of aliphatic imine (C=N–C) groups is 1. The van der Waals surface area contributed by atoms with E-state index in [-0.39, 0.29) is 6.04 Å². The first kappa shape index (κ1) is 5.69. The Morgan fingerprint density at radius 1 is 2.00 bits per heavy atom. The largest absolute Gasteiger partial charge is 0.339 e. The molecule has 1 heterocycles. The van der Waals surface area contributed by atoms with Crippen molar-refractivity contribution in [2.24, 2.45) is 4.99 Å². The fourth-order valence-electron chi connectivity index (χ4n) is 0.646. The number of hydrogen-bond donors (Lipinski definition) is 1. The molecule has 1 rings (SSSR count). The van der Waals surface area contributed by atoms with Gasteiger partial charge in [0.25, 0.3) is 0 Å². The standard InChI is InChI=1S/C5H8N2S/c1-2-4-5(8)7-3-6-4/h3-4H,2H2,1H3,(H,6,7,8). The van der Waals surface area contributed by atoms with E-state index in [9.17, 15) is 0 Å². The Labute approximate surface area is 54.0 Å². The van der Waals surface area contributed by atoms with Crippen LogP contribution < -0.4 is 5.32 Å². The van der Waals surface area contributed by atoms with Crippen molar-refractivity contribution in [2.75, 3.05) is 0 Å². The minimum Gasteiger partial charge on any atom is -0.339 e. The first-order valence-electron chi connectivity index (χ1n) is 2.66. The van der Waals surface area contributed by atoms with Crippen molar-refractivity contribution in [1.82, 2.24) is 5.32 Å². The summed E-state index contributed by atoms with van der Waals surface area (Å²) < 4.78 is 0. The van der Waals surface area contributed by atoms with E-state index in [1.165, 1.54) is 0 Å². The Kier molecular flexibility index (Phi) is 1.58. The monoisotopic (exact) mass is 128 g/mol. The molecule has 1 aliphatic heterocycles. The van der Waals surface area contributed by atoms with Crippen molar-refractivity contribution in [2.45, 2.75) is 19.4 Å². The molecule has 0 bridgehead atoms. The van der Waals surface area contributed by atoms with Gasteiger partial charge in [0.2, 0.25) is 0 Å². The molecule has 0 fully saturated rings. The Morgan fingerprint density at radius 2 is 2.75 bits per heavy atom. The maximum atomic E-state index is 4.90. The SMILES string of the molecule is CCC1N=CNC1=S. The molecule has 0 spiro atoms. The smallest absolute Gasteiger partial charge is 0.105 e. The Bertz CT molecular complexity index is 130. The summed E-state index contributed by atoms with van der Waals surface area (Å²) in [6, 6.07) is 0.255. The van der Waals surface area contributed by atoms with Gasteiger partial charge in [-0.3, -0.25) is 4.99 Å². The van der Waals surface area contributed by atoms with Crippen LogP contribution in [0.2, 0.25) is 0 Å². The van der Waals surface area contributed by atoms with Gasteiger partial charge in [0.05, 0.1) is 6.34 Å². The van der Waals surface area contributed by atoms with Gasteiger partial charge in [-0.2, -0.15) is 0 Å². The lowest BCUT2D eigenvalue weighted by molar-refractivity contribution is 0.842. The number of hydrogen-bond acceptors (Lipinski definition) is 2. The third kappa shape index (κ3) is 0.865. The molecular formula is C5H8N2S. The average Bonchev–Trinajstić information content (AvgIpc) is 2.14. The third-order valence-corrected chi connectivity index (χ3v) is 1.54. The van der Waals surface area contributed by atoms with Gasteiger partial charge in [-0.1, -0.05) is 19.1 Å². The van der Waals surface area contributed by atoms with Gasteiger partial charge in [-0.25, -0.2) is 0 Å². The second-order valence-electron chi connectivity index (χ2n) is 1.71. The van der Waals surface area contributed by atoms with E-state index >= 15 is 0 Å². The minimum atomic E-state index is 0.255. The van der Waals surface area contributed by atoms with Crippen molar-refractivity contribution in [3.8, 4) is 0 Å². The highest BCUT2D eigenvalue weighted by Gasteiger charge is 2.12. The first-order valence-corrected chi connectivity index (χ1v) is 3.07.